The van der Waals surface area contributed by atoms with Crippen molar-refractivity contribution < 1.29 is 15.0 Å². The summed E-state index contributed by atoms with van der Waals surface area (Å²) in [6.45, 7) is 0. The summed E-state index contributed by atoms with van der Waals surface area (Å²) in [5.74, 6) is -0.301. The van der Waals surface area contributed by atoms with Crippen molar-refractivity contribution in [1.29, 1.82) is 0 Å². The van der Waals surface area contributed by atoms with E-state index in [1.807, 2.05) is 12.1 Å². The predicted octanol–water partition coefficient (Wildman–Crippen LogP) is 8.43. The van der Waals surface area contributed by atoms with Crippen LogP contribution in [-0.2, 0) is 11.2 Å². The van der Waals surface area contributed by atoms with Gasteiger partial charge in [-0.05, 0) is 37.0 Å². The highest BCUT2D eigenvalue weighted by atomic mass is 16.4. The van der Waals surface area contributed by atoms with Gasteiger partial charge in [0, 0.05) is 6.42 Å². The summed E-state index contributed by atoms with van der Waals surface area (Å²) in [5, 5.41) is 17.9. The molecule has 0 aromatic heterocycles. The van der Waals surface area contributed by atoms with Crippen LogP contribution in [0.4, 0.5) is 0 Å². The Morgan fingerprint density at radius 2 is 0.867 bits per heavy atom. The zero-order valence-electron chi connectivity index (χ0n) is 19.3. The van der Waals surface area contributed by atoms with Crippen LogP contribution in [-0.4, -0.2) is 16.2 Å². The van der Waals surface area contributed by atoms with Gasteiger partial charge in [0.2, 0.25) is 0 Å². The smallest absolute Gasteiger partial charge is 0.303 e. The van der Waals surface area contributed by atoms with E-state index < -0.39 is 5.97 Å². The van der Waals surface area contributed by atoms with E-state index in [-0.39, 0.29) is 0 Å². The Bertz CT molecular complexity index is 509. The molecule has 0 fully saturated rings. The Kier molecular flexibility index (Phi) is 17.2. The second kappa shape index (κ2) is 19.5. The number of aryl methyl sites for hydroxylation is 1. The second-order valence-electron chi connectivity index (χ2n) is 8.92. The van der Waals surface area contributed by atoms with E-state index in [9.17, 15) is 9.90 Å². The number of carboxylic acids is 1. The zero-order chi connectivity index (χ0) is 21.7. The Balaban J connectivity index is 1.70. The molecule has 0 heterocycles. The molecule has 0 saturated heterocycles. The molecule has 1 aromatic carbocycles. The fourth-order valence-electron chi connectivity index (χ4n) is 4.10. The number of hydrogen-bond donors (Lipinski definition) is 2. The standard InChI is InChI=1S/C27H46O3/c28-26-23-21-25(22-24-26)19-17-15-13-11-9-7-5-3-1-2-4-6-8-10-12-14-16-18-20-27(29)30/h21-24,28H,1-20H2,(H,29,30). The van der Waals surface area contributed by atoms with Gasteiger partial charge in [0.15, 0.2) is 0 Å². The Labute approximate surface area is 185 Å². The van der Waals surface area contributed by atoms with E-state index in [2.05, 4.69) is 0 Å². The highest BCUT2D eigenvalue weighted by molar-refractivity contribution is 5.66. The number of rotatable bonds is 21. The number of carboxylic acid groups (broad SMARTS) is 1. The third-order valence-corrected chi connectivity index (χ3v) is 6.04. The number of carbonyl (C=O) groups is 1. The van der Waals surface area contributed by atoms with Crippen molar-refractivity contribution >= 4 is 5.97 Å². The first kappa shape index (κ1) is 26.5. The van der Waals surface area contributed by atoms with Crippen LogP contribution < -0.4 is 0 Å². The molecule has 2 N–H and O–H groups in total. The maximum Gasteiger partial charge on any atom is 0.303 e. The fraction of sp³-hybridized carbons (Fsp3) is 0.741. The van der Waals surface area contributed by atoms with Gasteiger partial charge in [-0.15, -0.1) is 0 Å². The van der Waals surface area contributed by atoms with Crippen LogP contribution in [0.1, 0.15) is 128 Å². The molecule has 1 aromatic rings. The maximum absolute atomic E-state index is 10.4. The second-order valence-corrected chi connectivity index (χ2v) is 8.92. The summed E-state index contributed by atoms with van der Waals surface area (Å²) in [4.78, 5) is 10.4. The van der Waals surface area contributed by atoms with Crippen LogP contribution in [0.25, 0.3) is 0 Å². The molecular formula is C27H46O3. The number of phenolic OH excluding ortho intramolecular Hbond substituents is 1. The third-order valence-electron chi connectivity index (χ3n) is 6.04. The lowest BCUT2D eigenvalue weighted by molar-refractivity contribution is -0.137. The molecule has 0 radical (unpaired) electrons. The number of aliphatic carboxylic acids is 1. The Hall–Kier alpha value is -1.51. The molecule has 0 saturated carbocycles. The minimum atomic E-state index is -0.659. The molecule has 30 heavy (non-hydrogen) atoms. The first-order valence-electron chi connectivity index (χ1n) is 12.7. The molecule has 3 heteroatoms. The van der Waals surface area contributed by atoms with Gasteiger partial charge in [0.1, 0.15) is 5.75 Å². The number of aromatic hydroxyl groups is 1. The van der Waals surface area contributed by atoms with E-state index in [0.717, 1.165) is 19.3 Å². The number of benzene rings is 1. The molecule has 0 aliphatic carbocycles. The molecule has 3 nitrogen and oxygen atoms in total. The lowest BCUT2D eigenvalue weighted by atomic mass is 10.0. The molecule has 1 rings (SSSR count). The molecule has 0 aliphatic heterocycles. The van der Waals surface area contributed by atoms with Crippen LogP contribution in [0.2, 0.25) is 0 Å². The molecule has 0 atom stereocenters. The van der Waals surface area contributed by atoms with Crippen LogP contribution in [0.5, 0.6) is 5.75 Å². The highest BCUT2D eigenvalue weighted by Crippen LogP contribution is 2.16. The number of hydrogen-bond acceptors (Lipinski definition) is 2. The van der Waals surface area contributed by atoms with Gasteiger partial charge < -0.3 is 10.2 Å². The first-order valence-corrected chi connectivity index (χ1v) is 12.7. The average molecular weight is 419 g/mol. The largest absolute Gasteiger partial charge is 0.508 e. The van der Waals surface area contributed by atoms with Gasteiger partial charge in [-0.1, -0.05) is 115 Å². The third kappa shape index (κ3) is 17.4. The van der Waals surface area contributed by atoms with Gasteiger partial charge in [0.05, 0.1) is 0 Å². The van der Waals surface area contributed by atoms with Gasteiger partial charge in [-0.25, -0.2) is 0 Å². The number of phenols is 1. The molecule has 0 amide bonds. The van der Waals surface area contributed by atoms with Crippen molar-refractivity contribution in [2.24, 2.45) is 0 Å². The normalized spacial score (nSPS) is 11.1. The zero-order valence-corrected chi connectivity index (χ0v) is 19.3. The van der Waals surface area contributed by atoms with Crippen LogP contribution >= 0.6 is 0 Å². The quantitative estimate of drug-likeness (QED) is 0.197. The van der Waals surface area contributed by atoms with E-state index in [1.54, 1.807) is 12.1 Å². The minimum Gasteiger partial charge on any atom is -0.508 e. The topological polar surface area (TPSA) is 57.5 Å². The summed E-state index contributed by atoms with van der Waals surface area (Å²) in [5.41, 5.74) is 1.33. The highest BCUT2D eigenvalue weighted by Gasteiger charge is 1.98. The Morgan fingerprint density at radius 1 is 0.533 bits per heavy atom. The van der Waals surface area contributed by atoms with Gasteiger partial charge in [-0.2, -0.15) is 0 Å². The lowest BCUT2D eigenvalue weighted by Gasteiger charge is -2.04. The van der Waals surface area contributed by atoms with E-state index in [1.165, 1.54) is 108 Å². The Morgan fingerprint density at radius 3 is 1.23 bits per heavy atom. The average Bonchev–Trinajstić information content (AvgIpc) is 2.73. The van der Waals surface area contributed by atoms with Crippen molar-refractivity contribution in [3.8, 4) is 5.75 Å². The minimum absolute atomic E-state index is 0.335. The van der Waals surface area contributed by atoms with Crippen LogP contribution in [0.15, 0.2) is 24.3 Å². The molecule has 0 unspecified atom stereocenters. The molecular weight excluding hydrogens is 372 g/mol. The van der Waals surface area contributed by atoms with Crippen LogP contribution in [0, 0.1) is 0 Å². The summed E-state index contributed by atoms with van der Waals surface area (Å²) in [6, 6.07) is 7.63. The van der Waals surface area contributed by atoms with Crippen molar-refractivity contribution in [3.63, 3.8) is 0 Å². The summed E-state index contributed by atoms with van der Waals surface area (Å²) < 4.78 is 0. The van der Waals surface area contributed by atoms with Gasteiger partial charge in [-0.3, -0.25) is 4.79 Å². The van der Waals surface area contributed by atoms with E-state index >= 15 is 0 Å². The monoisotopic (exact) mass is 418 g/mol. The van der Waals surface area contributed by atoms with Gasteiger partial charge >= 0.3 is 5.97 Å². The predicted molar refractivity (Wildman–Crippen MR) is 127 cm³/mol. The molecule has 172 valence electrons. The molecule has 0 aliphatic rings. The lowest BCUT2D eigenvalue weighted by Crippen LogP contribution is -1.93. The summed E-state index contributed by atoms with van der Waals surface area (Å²) in [6.07, 6.45) is 25.0. The van der Waals surface area contributed by atoms with Crippen molar-refractivity contribution in [2.45, 2.75) is 128 Å². The first-order chi connectivity index (χ1) is 14.7. The number of unbranched alkanes of at least 4 members (excludes halogenated alkanes) is 17. The summed E-state index contributed by atoms with van der Waals surface area (Å²) >= 11 is 0. The van der Waals surface area contributed by atoms with Crippen molar-refractivity contribution in [1.82, 2.24) is 0 Å². The maximum atomic E-state index is 10.4. The van der Waals surface area contributed by atoms with Crippen molar-refractivity contribution in [3.05, 3.63) is 29.8 Å². The summed E-state index contributed by atoms with van der Waals surface area (Å²) in [7, 11) is 0. The molecule has 0 spiro atoms. The SMILES string of the molecule is O=C(O)CCCCCCCCCCCCCCCCCCCCc1ccc(O)cc1. The van der Waals surface area contributed by atoms with E-state index in [4.69, 9.17) is 5.11 Å². The fourth-order valence-corrected chi connectivity index (χ4v) is 4.10. The van der Waals surface area contributed by atoms with E-state index in [0.29, 0.717) is 12.2 Å². The van der Waals surface area contributed by atoms with Crippen LogP contribution in [0.3, 0.4) is 0 Å². The van der Waals surface area contributed by atoms with Gasteiger partial charge in [0.25, 0.3) is 0 Å². The van der Waals surface area contributed by atoms with Crippen molar-refractivity contribution in [2.75, 3.05) is 0 Å². The molecule has 0 bridgehead atoms.